The first-order valence-electron chi connectivity index (χ1n) is 4.42. The molecule has 1 atom stereocenters. The number of aromatic nitrogens is 1. The molecule has 5 nitrogen and oxygen atoms in total. The van der Waals surface area contributed by atoms with Gasteiger partial charge < -0.3 is 5.32 Å². The first-order chi connectivity index (χ1) is 7.30. The summed E-state index contributed by atoms with van der Waals surface area (Å²) in [7, 11) is -3.38. The van der Waals surface area contributed by atoms with E-state index in [0.29, 0.717) is 5.82 Å². The summed E-state index contributed by atoms with van der Waals surface area (Å²) < 4.78 is 23.0. The smallest absolute Gasteiger partial charge is 0.243 e. The van der Waals surface area contributed by atoms with Crippen molar-refractivity contribution in [1.29, 1.82) is 0 Å². The number of halogens is 1. The van der Waals surface area contributed by atoms with Crippen LogP contribution in [-0.2, 0) is 14.6 Å². The molecule has 0 aliphatic rings. The fraction of sp³-hybridized carbons (Fsp3) is 0.333. The molecule has 0 aliphatic carbocycles. The molecule has 88 valence electrons. The van der Waals surface area contributed by atoms with Gasteiger partial charge in [0.1, 0.15) is 11.1 Å². The van der Waals surface area contributed by atoms with Gasteiger partial charge in [0, 0.05) is 16.9 Å². The van der Waals surface area contributed by atoms with Gasteiger partial charge in [-0.05, 0) is 19.1 Å². The van der Waals surface area contributed by atoms with Gasteiger partial charge in [-0.25, -0.2) is 13.4 Å². The number of nitrogens with zero attached hydrogens (tertiary/aromatic N) is 1. The average molecular weight is 307 g/mol. The maximum absolute atomic E-state index is 11.5. The Bertz CT molecular complexity index is 501. The predicted molar refractivity (Wildman–Crippen MR) is 64.9 cm³/mol. The van der Waals surface area contributed by atoms with Crippen molar-refractivity contribution in [2.45, 2.75) is 12.2 Å². The van der Waals surface area contributed by atoms with E-state index < -0.39 is 21.0 Å². The molecule has 1 amide bonds. The molecule has 0 fully saturated rings. The highest BCUT2D eigenvalue weighted by Crippen LogP contribution is 2.13. The Labute approximate surface area is 102 Å². The van der Waals surface area contributed by atoms with Gasteiger partial charge in [-0.2, -0.15) is 0 Å². The second kappa shape index (κ2) is 4.92. The second-order valence-corrected chi connectivity index (χ2v) is 6.60. The summed E-state index contributed by atoms with van der Waals surface area (Å²) in [5.41, 5.74) is 0. The van der Waals surface area contributed by atoms with E-state index in [-0.39, 0.29) is 0 Å². The van der Waals surface area contributed by atoms with Crippen molar-refractivity contribution in [3.8, 4) is 0 Å². The Morgan fingerprint density at radius 1 is 1.56 bits per heavy atom. The summed E-state index contributed by atoms with van der Waals surface area (Å²) >= 11 is 3.22. The largest absolute Gasteiger partial charge is 0.310 e. The van der Waals surface area contributed by atoms with Crippen molar-refractivity contribution in [3.63, 3.8) is 0 Å². The van der Waals surface area contributed by atoms with Crippen molar-refractivity contribution < 1.29 is 13.2 Å². The summed E-state index contributed by atoms with van der Waals surface area (Å²) in [6.45, 7) is 1.34. The van der Waals surface area contributed by atoms with E-state index in [9.17, 15) is 13.2 Å². The fourth-order valence-corrected chi connectivity index (χ4v) is 1.68. The zero-order valence-corrected chi connectivity index (χ0v) is 11.2. The Hall–Kier alpha value is -0.950. The van der Waals surface area contributed by atoms with Crippen LogP contribution in [0.2, 0.25) is 0 Å². The van der Waals surface area contributed by atoms with Crippen LogP contribution in [0.1, 0.15) is 6.92 Å². The molecule has 0 bridgehead atoms. The van der Waals surface area contributed by atoms with Gasteiger partial charge in [0.25, 0.3) is 0 Å². The molecule has 1 N–H and O–H groups in total. The van der Waals surface area contributed by atoms with Gasteiger partial charge in [-0.15, -0.1) is 0 Å². The first-order valence-corrected chi connectivity index (χ1v) is 7.17. The number of pyridine rings is 1. The predicted octanol–water partition coefficient (Wildman–Crippen LogP) is 1.22. The molecule has 7 heteroatoms. The SMILES string of the molecule is CC(C(=O)Nc1cc(Br)ccn1)S(C)(=O)=O. The molecular weight excluding hydrogens is 296 g/mol. The van der Waals surface area contributed by atoms with E-state index in [0.717, 1.165) is 10.7 Å². The quantitative estimate of drug-likeness (QED) is 0.911. The third-order valence-electron chi connectivity index (χ3n) is 1.98. The third kappa shape index (κ3) is 3.57. The molecule has 0 spiro atoms. The minimum absolute atomic E-state index is 0.315. The van der Waals surface area contributed by atoms with Crippen LogP contribution >= 0.6 is 15.9 Å². The van der Waals surface area contributed by atoms with Crippen molar-refractivity contribution >= 4 is 37.5 Å². The van der Waals surface area contributed by atoms with E-state index in [2.05, 4.69) is 26.2 Å². The van der Waals surface area contributed by atoms with Gasteiger partial charge in [0.2, 0.25) is 5.91 Å². The summed E-state index contributed by atoms with van der Waals surface area (Å²) in [6.07, 6.45) is 2.52. The minimum atomic E-state index is -3.38. The normalized spacial score (nSPS) is 13.2. The summed E-state index contributed by atoms with van der Waals surface area (Å²) in [4.78, 5) is 15.4. The number of hydrogen-bond donors (Lipinski definition) is 1. The van der Waals surface area contributed by atoms with Gasteiger partial charge in [-0.3, -0.25) is 4.79 Å². The van der Waals surface area contributed by atoms with E-state index in [4.69, 9.17) is 0 Å². The maximum Gasteiger partial charge on any atom is 0.243 e. The minimum Gasteiger partial charge on any atom is -0.310 e. The van der Waals surface area contributed by atoms with Crippen LogP contribution in [0, 0.1) is 0 Å². The summed E-state index contributed by atoms with van der Waals surface area (Å²) in [6, 6.07) is 3.29. The summed E-state index contributed by atoms with van der Waals surface area (Å²) in [5, 5.41) is 1.34. The average Bonchev–Trinajstić information content (AvgIpc) is 2.15. The van der Waals surface area contributed by atoms with Crippen LogP contribution in [0.3, 0.4) is 0 Å². The lowest BCUT2D eigenvalue weighted by Crippen LogP contribution is -2.32. The Morgan fingerprint density at radius 3 is 2.69 bits per heavy atom. The van der Waals surface area contributed by atoms with Crippen LogP contribution in [0.25, 0.3) is 0 Å². The molecule has 16 heavy (non-hydrogen) atoms. The number of nitrogens with one attached hydrogen (secondary N) is 1. The topological polar surface area (TPSA) is 76.1 Å². The van der Waals surface area contributed by atoms with Crippen LogP contribution in [0.5, 0.6) is 0 Å². The number of carbonyl (C=O) groups excluding carboxylic acids is 1. The van der Waals surface area contributed by atoms with Gasteiger partial charge >= 0.3 is 0 Å². The second-order valence-electron chi connectivity index (χ2n) is 3.32. The number of anilines is 1. The van der Waals surface area contributed by atoms with Crippen LogP contribution in [0.15, 0.2) is 22.8 Å². The number of sulfone groups is 1. The standard InChI is InChI=1S/C9H11BrN2O3S/c1-6(16(2,14)15)9(13)12-8-5-7(10)3-4-11-8/h3-6H,1-2H3,(H,11,12,13). The molecule has 1 heterocycles. The van der Waals surface area contributed by atoms with E-state index in [1.165, 1.54) is 13.1 Å². The number of rotatable bonds is 3. The third-order valence-corrected chi connectivity index (χ3v) is 3.98. The highest BCUT2D eigenvalue weighted by Gasteiger charge is 2.23. The Balaban J connectivity index is 2.80. The van der Waals surface area contributed by atoms with Crippen molar-refractivity contribution in [2.75, 3.05) is 11.6 Å². The van der Waals surface area contributed by atoms with Gasteiger partial charge in [-0.1, -0.05) is 15.9 Å². The highest BCUT2D eigenvalue weighted by atomic mass is 79.9. The first kappa shape index (κ1) is 13.1. The highest BCUT2D eigenvalue weighted by molar-refractivity contribution is 9.10. The van der Waals surface area contributed by atoms with Crippen LogP contribution < -0.4 is 5.32 Å². The molecule has 1 aromatic heterocycles. The fourth-order valence-electron chi connectivity index (χ4n) is 0.895. The zero-order chi connectivity index (χ0) is 12.3. The van der Waals surface area contributed by atoms with Crippen molar-refractivity contribution in [1.82, 2.24) is 4.98 Å². The molecule has 0 saturated heterocycles. The lowest BCUT2D eigenvalue weighted by molar-refractivity contribution is -0.115. The Kier molecular flexibility index (Phi) is 4.03. The monoisotopic (exact) mass is 306 g/mol. The van der Waals surface area contributed by atoms with Gasteiger partial charge in [0.05, 0.1) is 0 Å². The molecule has 0 saturated carbocycles. The molecule has 0 aromatic carbocycles. The van der Waals surface area contributed by atoms with Crippen LogP contribution in [0.4, 0.5) is 5.82 Å². The zero-order valence-electron chi connectivity index (χ0n) is 8.77. The summed E-state index contributed by atoms with van der Waals surface area (Å²) in [5.74, 6) is -0.275. The molecule has 0 radical (unpaired) electrons. The maximum atomic E-state index is 11.5. The number of hydrogen-bond acceptors (Lipinski definition) is 4. The van der Waals surface area contributed by atoms with Crippen molar-refractivity contribution in [2.24, 2.45) is 0 Å². The lowest BCUT2D eigenvalue weighted by atomic mass is 10.4. The van der Waals surface area contributed by atoms with Crippen LogP contribution in [-0.4, -0.2) is 30.8 Å². The van der Waals surface area contributed by atoms with Crippen molar-refractivity contribution in [3.05, 3.63) is 22.8 Å². The molecular formula is C9H11BrN2O3S. The molecule has 0 aliphatic heterocycles. The number of amides is 1. The number of carbonyl (C=O) groups is 1. The van der Waals surface area contributed by atoms with E-state index in [1.807, 2.05) is 0 Å². The molecule has 1 aromatic rings. The van der Waals surface area contributed by atoms with E-state index >= 15 is 0 Å². The molecule has 1 rings (SSSR count). The molecule has 1 unspecified atom stereocenters. The van der Waals surface area contributed by atoms with Gasteiger partial charge in [0.15, 0.2) is 9.84 Å². The lowest BCUT2D eigenvalue weighted by Gasteiger charge is -2.09. The Morgan fingerprint density at radius 2 is 2.19 bits per heavy atom. The van der Waals surface area contributed by atoms with E-state index in [1.54, 1.807) is 12.1 Å².